The lowest BCUT2D eigenvalue weighted by Gasteiger charge is -2.25. The number of ether oxygens (including phenoxy) is 3. The lowest BCUT2D eigenvalue weighted by atomic mass is 9.96. The highest BCUT2D eigenvalue weighted by molar-refractivity contribution is 7.07. The monoisotopic (exact) mass is 540 g/mol. The summed E-state index contributed by atoms with van der Waals surface area (Å²) in [4.78, 5) is 43.3. The van der Waals surface area contributed by atoms with Gasteiger partial charge in [-0.05, 0) is 56.2 Å². The van der Waals surface area contributed by atoms with E-state index in [1.165, 1.54) is 15.9 Å². The number of aromatic nitrogens is 1. The van der Waals surface area contributed by atoms with Crippen molar-refractivity contribution in [3.8, 4) is 5.75 Å². The predicted molar refractivity (Wildman–Crippen MR) is 140 cm³/mol. The quantitative estimate of drug-likeness (QED) is 0.406. The Morgan fingerprint density at radius 2 is 1.86 bits per heavy atom. The zero-order valence-electron chi connectivity index (χ0n) is 20.5. The molecule has 1 aromatic heterocycles. The summed E-state index contributed by atoms with van der Waals surface area (Å²) in [6, 6.07) is 13.3. The summed E-state index contributed by atoms with van der Waals surface area (Å²) in [6.07, 6.45) is 1.72. The van der Waals surface area contributed by atoms with Gasteiger partial charge in [0.15, 0.2) is 11.4 Å². The molecule has 8 nitrogen and oxygen atoms in total. The molecule has 2 aromatic carbocycles. The van der Waals surface area contributed by atoms with Crippen molar-refractivity contribution in [3.05, 3.63) is 95.6 Å². The summed E-state index contributed by atoms with van der Waals surface area (Å²) in [7, 11) is 0. The van der Waals surface area contributed by atoms with Crippen LogP contribution in [0.1, 0.15) is 37.9 Å². The topological polar surface area (TPSA) is 96.2 Å². The fraction of sp³-hybridized carbons (Fsp3) is 0.259. The number of nitrogens with zero attached hydrogens (tertiary/aromatic N) is 2. The Morgan fingerprint density at radius 3 is 2.59 bits per heavy atom. The number of esters is 2. The number of carbonyl (C=O) groups excluding carboxylic acids is 2. The molecule has 37 heavy (non-hydrogen) atoms. The molecule has 4 rings (SSSR count). The van der Waals surface area contributed by atoms with Gasteiger partial charge in [-0.1, -0.05) is 53.3 Å². The maximum atomic E-state index is 13.7. The van der Waals surface area contributed by atoms with Crippen LogP contribution in [-0.4, -0.2) is 36.3 Å². The molecule has 0 spiro atoms. The molecular weight excluding hydrogens is 516 g/mol. The zero-order chi connectivity index (χ0) is 26.5. The van der Waals surface area contributed by atoms with Gasteiger partial charge in [-0.2, -0.15) is 0 Å². The number of hydrogen-bond acceptors (Lipinski definition) is 8. The lowest BCUT2D eigenvalue weighted by Crippen LogP contribution is -2.40. The molecule has 0 N–H and O–H groups in total. The van der Waals surface area contributed by atoms with E-state index >= 15 is 0 Å². The molecular formula is C27H25ClN2O6S. The van der Waals surface area contributed by atoms with Gasteiger partial charge in [-0.3, -0.25) is 9.36 Å². The summed E-state index contributed by atoms with van der Waals surface area (Å²) in [5.41, 5.74) is 1.71. The number of thiazole rings is 1. The van der Waals surface area contributed by atoms with Gasteiger partial charge in [-0.25, -0.2) is 14.6 Å². The molecule has 0 aliphatic carbocycles. The lowest BCUT2D eigenvalue weighted by molar-refractivity contribution is -0.145. The van der Waals surface area contributed by atoms with Crippen LogP contribution >= 0.6 is 22.9 Å². The van der Waals surface area contributed by atoms with Crippen LogP contribution in [0.2, 0.25) is 5.02 Å². The average Bonchev–Trinajstić information content (AvgIpc) is 3.17. The third-order valence-electron chi connectivity index (χ3n) is 5.53. The number of allylic oxidation sites excluding steroid dienone is 1. The molecule has 0 radical (unpaired) electrons. The standard InChI is InChI=1S/C27H25ClN2O6S/c1-4-34-22(31)15-36-18-10-8-9-17(13-18)14-21-25(32)30-24(19-11-6-7-12-20(19)28)23(26(33)35-5-2)16(3)29-27(30)37-21/h6-14,24H,4-5,15H2,1-3H3/b21-14-/t24-/m1/s1. The Balaban J connectivity index is 1.80. The Bertz CT molecular complexity index is 1560. The third-order valence-corrected chi connectivity index (χ3v) is 6.86. The predicted octanol–water partition coefficient (Wildman–Crippen LogP) is 3.39. The first kappa shape index (κ1) is 26.4. The molecule has 0 saturated carbocycles. The molecule has 2 heterocycles. The van der Waals surface area contributed by atoms with Crippen molar-refractivity contribution in [1.82, 2.24) is 4.57 Å². The van der Waals surface area contributed by atoms with Crippen LogP contribution < -0.4 is 19.6 Å². The van der Waals surface area contributed by atoms with Crippen LogP contribution in [0.4, 0.5) is 0 Å². The van der Waals surface area contributed by atoms with E-state index in [1.54, 1.807) is 69.3 Å². The van der Waals surface area contributed by atoms with Crippen molar-refractivity contribution in [3.63, 3.8) is 0 Å². The summed E-state index contributed by atoms with van der Waals surface area (Å²) in [5, 5.41) is 0.421. The highest BCUT2D eigenvalue weighted by atomic mass is 35.5. The van der Waals surface area contributed by atoms with E-state index in [2.05, 4.69) is 4.99 Å². The summed E-state index contributed by atoms with van der Waals surface area (Å²) >= 11 is 7.73. The molecule has 10 heteroatoms. The molecule has 3 aromatic rings. The fourth-order valence-corrected chi connectivity index (χ4v) is 5.26. The molecule has 0 unspecified atom stereocenters. The van der Waals surface area contributed by atoms with E-state index in [0.717, 1.165) is 0 Å². The first-order valence-corrected chi connectivity index (χ1v) is 12.9. The third kappa shape index (κ3) is 5.68. The Labute approximate surface area is 222 Å². The Kier molecular flexibility index (Phi) is 8.25. The number of hydrogen-bond donors (Lipinski definition) is 0. The van der Waals surface area contributed by atoms with Crippen LogP contribution in [0.25, 0.3) is 6.08 Å². The van der Waals surface area contributed by atoms with E-state index in [9.17, 15) is 14.4 Å². The van der Waals surface area contributed by atoms with E-state index in [0.29, 0.717) is 36.9 Å². The highest BCUT2D eigenvalue weighted by Crippen LogP contribution is 2.34. The first-order valence-electron chi connectivity index (χ1n) is 11.7. The smallest absolute Gasteiger partial charge is 0.344 e. The van der Waals surface area contributed by atoms with Crippen molar-refractivity contribution in [1.29, 1.82) is 0 Å². The zero-order valence-corrected chi connectivity index (χ0v) is 22.1. The van der Waals surface area contributed by atoms with Crippen molar-refractivity contribution in [2.75, 3.05) is 19.8 Å². The van der Waals surface area contributed by atoms with Crippen LogP contribution in [0.15, 0.2) is 69.6 Å². The Hall–Kier alpha value is -3.69. The van der Waals surface area contributed by atoms with Gasteiger partial charge >= 0.3 is 11.9 Å². The van der Waals surface area contributed by atoms with Crippen LogP contribution in [0.5, 0.6) is 5.75 Å². The van der Waals surface area contributed by atoms with E-state index in [4.69, 9.17) is 25.8 Å². The second kappa shape index (κ2) is 11.6. The minimum absolute atomic E-state index is 0.184. The van der Waals surface area contributed by atoms with E-state index < -0.39 is 18.0 Å². The minimum atomic E-state index is -0.787. The first-order chi connectivity index (χ1) is 17.8. The molecule has 192 valence electrons. The molecule has 0 saturated heterocycles. The van der Waals surface area contributed by atoms with E-state index in [1.807, 2.05) is 6.07 Å². The van der Waals surface area contributed by atoms with Crippen LogP contribution in [0, 0.1) is 0 Å². The molecule has 0 amide bonds. The number of rotatable bonds is 8. The van der Waals surface area contributed by atoms with Gasteiger partial charge in [0, 0.05) is 5.02 Å². The molecule has 1 aliphatic rings. The summed E-state index contributed by atoms with van der Waals surface area (Å²) in [6.45, 7) is 5.41. The van der Waals surface area contributed by atoms with Crippen molar-refractivity contribution >= 4 is 41.0 Å². The van der Waals surface area contributed by atoms with Gasteiger partial charge in [0.1, 0.15) is 11.8 Å². The number of carbonyl (C=O) groups is 2. The number of fused-ring (bicyclic) bond motifs is 1. The minimum Gasteiger partial charge on any atom is -0.482 e. The maximum absolute atomic E-state index is 13.7. The van der Waals surface area contributed by atoms with Crippen LogP contribution in [-0.2, 0) is 19.1 Å². The van der Waals surface area contributed by atoms with E-state index in [-0.39, 0.29) is 31.0 Å². The number of benzene rings is 2. The SMILES string of the molecule is CCOC(=O)COc1cccc(/C=c2\sc3n(c2=O)[C@H](c2ccccc2Cl)C(C(=O)OCC)=C(C)N=3)c1. The molecule has 0 bridgehead atoms. The van der Waals surface area contributed by atoms with Crippen molar-refractivity contribution in [2.24, 2.45) is 4.99 Å². The fourth-order valence-electron chi connectivity index (χ4n) is 3.97. The van der Waals surface area contributed by atoms with Gasteiger partial charge in [-0.15, -0.1) is 0 Å². The average molecular weight is 541 g/mol. The van der Waals surface area contributed by atoms with Gasteiger partial charge in [0.05, 0.1) is 29.0 Å². The van der Waals surface area contributed by atoms with Crippen molar-refractivity contribution < 1.29 is 23.8 Å². The normalized spacial score (nSPS) is 15.1. The second-order valence-corrected chi connectivity index (χ2v) is 9.41. The number of halogens is 1. The highest BCUT2D eigenvalue weighted by Gasteiger charge is 2.34. The molecule has 1 aliphatic heterocycles. The van der Waals surface area contributed by atoms with Gasteiger partial charge < -0.3 is 14.2 Å². The largest absolute Gasteiger partial charge is 0.482 e. The van der Waals surface area contributed by atoms with Gasteiger partial charge in [0.25, 0.3) is 5.56 Å². The maximum Gasteiger partial charge on any atom is 0.344 e. The summed E-state index contributed by atoms with van der Waals surface area (Å²) < 4.78 is 17.6. The second-order valence-electron chi connectivity index (χ2n) is 7.99. The molecule has 0 fully saturated rings. The van der Waals surface area contributed by atoms with Gasteiger partial charge in [0.2, 0.25) is 0 Å². The van der Waals surface area contributed by atoms with Crippen LogP contribution in [0.3, 0.4) is 0 Å². The Morgan fingerprint density at radius 1 is 1.11 bits per heavy atom. The molecule has 1 atom stereocenters. The summed E-state index contributed by atoms with van der Waals surface area (Å²) in [5.74, 6) is -0.549. The van der Waals surface area contributed by atoms with Crippen molar-refractivity contribution in [2.45, 2.75) is 26.8 Å².